The third-order valence-electron chi connectivity index (χ3n) is 5.12. The topological polar surface area (TPSA) is 113 Å². The molecule has 0 amide bonds. The number of hydrogen-bond donors (Lipinski definition) is 3. The number of aldehydes is 1. The Bertz CT molecular complexity index is 918. The first-order valence-corrected chi connectivity index (χ1v) is 9.61. The molecule has 1 fully saturated rings. The molecule has 3 aromatic rings. The maximum absolute atomic E-state index is 11.1. The third kappa shape index (κ3) is 4.67. The van der Waals surface area contributed by atoms with Crippen molar-refractivity contribution in [3.8, 4) is 11.4 Å². The van der Waals surface area contributed by atoms with E-state index in [1.807, 2.05) is 30.3 Å². The summed E-state index contributed by atoms with van der Waals surface area (Å²) < 4.78 is 0. The number of aromatic amines is 1. The van der Waals surface area contributed by atoms with Crippen molar-refractivity contribution in [2.45, 2.75) is 18.4 Å². The fraction of sp³-hybridized carbons (Fsp3) is 0.333. The average Bonchev–Trinajstić information content (AvgIpc) is 3.29. The highest BCUT2D eigenvalue weighted by molar-refractivity contribution is 5.77. The Morgan fingerprint density at radius 3 is 2.59 bits per heavy atom. The molecule has 152 valence electrons. The van der Waals surface area contributed by atoms with E-state index in [2.05, 4.69) is 38.2 Å². The predicted octanol–water partition coefficient (Wildman–Crippen LogP) is 2.29. The lowest BCUT2D eigenvalue weighted by Crippen LogP contribution is -2.46. The second kappa shape index (κ2) is 9.40. The number of hydrogen-bond acceptors (Lipinski definition) is 7. The number of pyridine rings is 1. The average molecular weight is 393 g/mol. The van der Waals surface area contributed by atoms with E-state index >= 15 is 0 Å². The number of aromatic nitrogens is 4. The van der Waals surface area contributed by atoms with E-state index in [1.165, 1.54) is 7.05 Å². The molecular weight excluding hydrogens is 366 g/mol. The Kier molecular flexibility index (Phi) is 6.69. The normalized spacial score (nSPS) is 15.8. The Hall–Kier alpha value is -3.10. The molecule has 0 saturated carbocycles. The van der Waals surface area contributed by atoms with Crippen LogP contribution in [0.25, 0.3) is 11.4 Å². The van der Waals surface area contributed by atoms with Crippen LogP contribution in [0.5, 0.6) is 0 Å². The molecule has 1 aromatic carbocycles. The van der Waals surface area contributed by atoms with E-state index in [0.717, 1.165) is 49.3 Å². The zero-order valence-electron chi connectivity index (χ0n) is 16.8. The van der Waals surface area contributed by atoms with Crippen molar-refractivity contribution in [1.29, 1.82) is 0 Å². The van der Waals surface area contributed by atoms with E-state index in [1.54, 1.807) is 18.5 Å². The molecule has 0 unspecified atom stereocenters. The predicted molar refractivity (Wildman–Crippen MR) is 114 cm³/mol. The molecule has 0 bridgehead atoms. The number of rotatable bonds is 5. The van der Waals surface area contributed by atoms with Crippen molar-refractivity contribution in [3.63, 3.8) is 0 Å². The number of nitrogens with one attached hydrogen (secondary N) is 2. The van der Waals surface area contributed by atoms with Crippen LogP contribution in [0, 0.1) is 0 Å². The SMILES string of the molecule is CN.CN1CCC(Nc2cccc(C=O)c2)(c2nc(-c3ccncc3)n[nH]2)CC1. The number of likely N-dealkylation sites (tertiary alicyclic amines) is 1. The fourth-order valence-electron chi connectivity index (χ4n) is 3.49. The largest absolute Gasteiger partial charge is 0.373 e. The van der Waals surface area contributed by atoms with Gasteiger partial charge in [-0.3, -0.25) is 14.9 Å². The summed E-state index contributed by atoms with van der Waals surface area (Å²) in [6, 6.07) is 11.3. The van der Waals surface area contributed by atoms with Crippen molar-refractivity contribution in [3.05, 3.63) is 60.2 Å². The summed E-state index contributed by atoms with van der Waals surface area (Å²) in [4.78, 5) is 22.3. The van der Waals surface area contributed by atoms with Crippen LogP contribution in [0.2, 0.25) is 0 Å². The highest BCUT2D eigenvalue weighted by atomic mass is 16.1. The zero-order valence-corrected chi connectivity index (χ0v) is 16.8. The summed E-state index contributed by atoms with van der Waals surface area (Å²) in [7, 11) is 3.62. The molecule has 1 aliphatic heterocycles. The van der Waals surface area contributed by atoms with Crippen molar-refractivity contribution in [1.82, 2.24) is 25.1 Å². The molecule has 0 atom stereocenters. The van der Waals surface area contributed by atoms with Gasteiger partial charge in [-0.1, -0.05) is 12.1 Å². The van der Waals surface area contributed by atoms with Crippen LogP contribution in [0.3, 0.4) is 0 Å². The number of benzene rings is 1. The van der Waals surface area contributed by atoms with Crippen LogP contribution >= 0.6 is 0 Å². The first-order valence-electron chi connectivity index (χ1n) is 9.61. The lowest BCUT2D eigenvalue weighted by Gasteiger charge is -2.40. The van der Waals surface area contributed by atoms with Gasteiger partial charge < -0.3 is 16.0 Å². The van der Waals surface area contributed by atoms with Gasteiger partial charge in [-0.2, -0.15) is 5.10 Å². The summed E-state index contributed by atoms with van der Waals surface area (Å²) >= 11 is 0. The highest BCUT2D eigenvalue weighted by Gasteiger charge is 2.38. The second-order valence-electron chi connectivity index (χ2n) is 7.00. The van der Waals surface area contributed by atoms with Crippen molar-refractivity contribution >= 4 is 12.0 Å². The number of anilines is 1. The highest BCUT2D eigenvalue weighted by Crippen LogP contribution is 2.35. The molecule has 8 nitrogen and oxygen atoms in total. The monoisotopic (exact) mass is 393 g/mol. The molecule has 8 heteroatoms. The van der Waals surface area contributed by atoms with E-state index < -0.39 is 0 Å². The first-order chi connectivity index (χ1) is 14.2. The minimum atomic E-state index is -0.355. The number of nitrogens with two attached hydrogens (primary N) is 1. The summed E-state index contributed by atoms with van der Waals surface area (Å²) in [5, 5.41) is 11.2. The van der Waals surface area contributed by atoms with Crippen LogP contribution in [0.15, 0.2) is 48.8 Å². The molecule has 1 aliphatic rings. The van der Waals surface area contributed by atoms with Crippen LogP contribution < -0.4 is 11.1 Å². The number of nitrogens with zero attached hydrogens (tertiary/aromatic N) is 4. The number of carbonyl (C=O) groups excluding carboxylic acids is 1. The van der Waals surface area contributed by atoms with Crippen LogP contribution in [0.1, 0.15) is 29.0 Å². The minimum Gasteiger partial charge on any atom is -0.373 e. The van der Waals surface area contributed by atoms with E-state index in [9.17, 15) is 4.79 Å². The maximum Gasteiger partial charge on any atom is 0.181 e. The van der Waals surface area contributed by atoms with Gasteiger partial charge in [0.1, 0.15) is 6.29 Å². The number of H-pyrrole nitrogens is 1. The Balaban J connectivity index is 0.00000117. The van der Waals surface area contributed by atoms with Gasteiger partial charge in [0.25, 0.3) is 0 Å². The molecule has 0 radical (unpaired) electrons. The maximum atomic E-state index is 11.1. The van der Waals surface area contributed by atoms with Crippen LogP contribution in [0.4, 0.5) is 5.69 Å². The zero-order chi connectivity index (χ0) is 20.7. The van der Waals surface area contributed by atoms with E-state index in [-0.39, 0.29) is 5.54 Å². The molecule has 0 spiro atoms. The Morgan fingerprint density at radius 2 is 1.90 bits per heavy atom. The summed E-state index contributed by atoms with van der Waals surface area (Å²) in [6.45, 7) is 1.90. The third-order valence-corrected chi connectivity index (χ3v) is 5.12. The van der Waals surface area contributed by atoms with Gasteiger partial charge in [0.05, 0.1) is 5.54 Å². The van der Waals surface area contributed by atoms with Gasteiger partial charge in [0, 0.05) is 42.3 Å². The second-order valence-corrected chi connectivity index (χ2v) is 7.00. The lowest BCUT2D eigenvalue weighted by atomic mass is 9.86. The van der Waals surface area contributed by atoms with Crippen LogP contribution in [-0.4, -0.2) is 58.5 Å². The standard InChI is InChI=1S/C20H22N6O.CH5N/c1-26-11-7-20(8-12-26,23-17-4-2-3-15(13-17)14-27)19-22-18(24-25-19)16-5-9-21-10-6-16;1-2/h2-6,9-10,13-14,23H,7-8,11-12H2,1H3,(H,22,24,25);2H2,1H3. The van der Waals surface area contributed by atoms with Gasteiger partial charge in [0.2, 0.25) is 0 Å². The quantitative estimate of drug-likeness (QED) is 0.570. The van der Waals surface area contributed by atoms with Crippen molar-refractivity contribution in [2.24, 2.45) is 5.73 Å². The molecule has 1 saturated heterocycles. The van der Waals surface area contributed by atoms with Crippen molar-refractivity contribution < 1.29 is 4.79 Å². The molecule has 2 aromatic heterocycles. The lowest BCUT2D eigenvalue weighted by molar-refractivity contribution is 0.112. The summed E-state index contributed by atoms with van der Waals surface area (Å²) in [6.07, 6.45) is 6.11. The van der Waals surface area contributed by atoms with Gasteiger partial charge in [-0.05, 0) is 51.2 Å². The van der Waals surface area contributed by atoms with Gasteiger partial charge >= 0.3 is 0 Å². The molecular formula is C21H27N7O. The molecule has 29 heavy (non-hydrogen) atoms. The molecule has 3 heterocycles. The first kappa shape index (κ1) is 20.6. The Labute approximate surface area is 170 Å². The number of piperidine rings is 1. The Morgan fingerprint density at radius 1 is 1.17 bits per heavy atom. The summed E-state index contributed by atoms with van der Waals surface area (Å²) in [5.41, 5.74) is 6.63. The number of carbonyl (C=O) groups is 1. The van der Waals surface area contributed by atoms with Gasteiger partial charge in [-0.25, -0.2) is 4.98 Å². The molecule has 4 N–H and O–H groups in total. The molecule has 0 aliphatic carbocycles. The van der Waals surface area contributed by atoms with E-state index in [0.29, 0.717) is 11.4 Å². The van der Waals surface area contributed by atoms with Gasteiger partial charge in [0.15, 0.2) is 11.6 Å². The van der Waals surface area contributed by atoms with Crippen molar-refractivity contribution in [2.75, 3.05) is 32.5 Å². The molecule has 4 rings (SSSR count). The smallest absolute Gasteiger partial charge is 0.181 e. The van der Waals surface area contributed by atoms with Crippen LogP contribution in [-0.2, 0) is 5.54 Å². The summed E-state index contributed by atoms with van der Waals surface area (Å²) in [5.74, 6) is 1.48. The minimum absolute atomic E-state index is 0.355. The van der Waals surface area contributed by atoms with Gasteiger partial charge in [-0.15, -0.1) is 0 Å². The fourth-order valence-corrected chi connectivity index (χ4v) is 3.49. The van der Waals surface area contributed by atoms with E-state index in [4.69, 9.17) is 4.98 Å².